The highest BCUT2D eigenvalue weighted by molar-refractivity contribution is 5.89. The number of rotatable bonds is 2. The summed E-state index contributed by atoms with van der Waals surface area (Å²) in [6.45, 7) is 5.42. The van der Waals surface area contributed by atoms with Gasteiger partial charge in [0, 0.05) is 12.2 Å². The molecule has 0 aromatic carbocycles. The molecule has 1 rings (SSSR count). The Hall–Kier alpha value is -1.03. The third-order valence-corrected chi connectivity index (χ3v) is 1.75. The summed E-state index contributed by atoms with van der Waals surface area (Å²) in [6.07, 6.45) is 0. The zero-order valence-corrected chi connectivity index (χ0v) is 7.44. The maximum atomic E-state index is 11.2. The van der Waals surface area contributed by atoms with E-state index < -0.39 is 0 Å². The van der Waals surface area contributed by atoms with E-state index in [1.165, 1.54) is 0 Å². The molecule has 0 aliphatic carbocycles. The molecule has 0 saturated heterocycles. The second-order valence-electron chi connectivity index (χ2n) is 2.60. The molecule has 0 amide bonds. The Morgan fingerprint density at radius 1 is 1.67 bits per heavy atom. The van der Waals surface area contributed by atoms with Crippen molar-refractivity contribution in [3.63, 3.8) is 0 Å². The zero-order valence-electron chi connectivity index (χ0n) is 7.44. The van der Waals surface area contributed by atoms with Crippen molar-refractivity contribution < 1.29 is 9.53 Å². The average molecular weight is 170 g/mol. The molecule has 1 heterocycles. The first-order chi connectivity index (χ1) is 5.75. The van der Waals surface area contributed by atoms with Crippen LogP contribution in [0, 0.1) is 0 Å². The van der Waals surface area contributed by atoms with Gasteiger partial charge in [-0.3, -0.25) is 5.32 Å². The van der Waals surface area contributed by atoms with E-state index >= 15 is 0 Å². The van der Waals surface area contributed by atoms with Gasteiger partial charge in [0.1, 0.15) is 0 Å². The first kappa shape index (κ1) is 9.06. The number of hydrogen-bond acceptors (Lipinski definition) is 4. The van der Waals surface area contributed by atoms with Crippen molar-refractivity contribution in [1.82, 2.24) is 10.6 Å². The maximum absolute atomic E-state index is 11.2. The predicted octanol–water partition coefficient (Wildman–Crippen LogP) is -0.0262. The molecule has 1 aliphatic heterocycles. The summed E-state index contributed by atoms with van der Waals surface area (Å²) in [5.74, 6) is -0.227. The van der Waals surface area contributed by atoms with Gasteiger partial charge in [0.25, 0.3) is 0 Å². The van der Waals surface area contributed by atoms with Crippen LogP contribution in [0.4, 0.5) is 0 Å². The molecule has 0 spiro atoms. The molecule has 0 radical (unpaired) electrons. The van der Waals surface area contributed by atoms with E-state index in [0.29, 0.717) is 18.7 Å². The highest BCUT2D eigenvalue weighted by Crippen LogP contribution is 2.05. The molecule has 2 N–H and O–H groups in total. The first-order valence-electron chi connectivity index (χ1n) is 4.07. The van der Waals surface area contributed by atoms with E-state index in [1.807, 2.05) is 6.92 Å². The molecule has 4 nitrogen and oxygen atoms in total. The lowest BCUT2D eigenvalue weighted by molar-refractivity contribution is -0.138. The number of esters is 1. The van der Waals surface area contributed by atoms with Gasteiger partial charge >= 0.3 is 5.97 Å². The second-order valence-corrected chi connectivity index (χ2v) is 2.60. The molecule has 68 valence electrons. The third-order valence-electron chi connectivity index (χ3n) is 1.75. The highest BCUT2D eigenvalue weighted by Gasteiger charge is 2.16. The molecule has 0 unspecified atom stereocenters. The monoisotopic (exact) mass is 170 g/mol. The molecule has 0 aromatic rings. The van der Waals surface area contributed by atoms with Gasteiger partial charge in [0.15, 0.2) is 0 Å². The van der Waals surface area contributed by atoms with Gasteiger partial charge in [-0.2, -0.15) is 0 Å². The van der Waals surface area contributed by atoms with Crippen molar-refractivity contribution in [1.29, 1.82) is 0 Å². The van der Waals surface area contributed by atoms with Crippen molar-refractivity contribution in [2.75, 3.05) is 19.8 Å². The highest BCUT2D eigenvalue weighted by atomic mass is 16.5. The van der Waals surface area contributed by atoms with Crippen LogP contribution in [0.25, 0.3) is 0 Å². The van der Waals surface area contributed by atoms with Gasteiger partial charge in [-0.05, 0) is 13.8 Å². The Kier molecular flexibility index (Phi) is 3.10. The van der Waals surface area contributed by atoms with Crippen LogP contribution in [-0.4, -0.2) is 25.8 Å². The summed E-state index contributed by atoms with van der Waals surface area (Å²) in [6, 6.07) is 0. The number of ether oxygens (including phenoxy) is 1. The van der Waals surface area contributed by atoms with Crippen molar-refractivity contribution in [2.45, 2.75) is 13.8 Å². The van der Waals surface area contributed by atoms with Gasteiger partial charge in [-0.1, -0.05) is 0 Å². The lowest BCUT2D eigenvalue weighted by atomic mass is 10.2. The van der Waals surface area contributed by atoms with Gasteiger partial charge in [-0.25, -0.2) is 4.79 Å². The lowest BCUT2D eigenvalue weighted by Gasteiger charge is -2.19. The summed E-state index contributed by atoms with van der Waals surface area (Å²) in [5.41, 5.74) is 1.61. The Morgan fingerprint density at radius 3 is 3.00 bits per heavy atom. The van der Waals surface area contributed by atoms with Crippen molar-refractivity contribution in [3.8, 4) is 0 Å². The third kappa shape index (κ3) is 1.98. The van der Waals surface area contributed by atoms with Crippen LogP contribution in [0.15, 0.2) is 11.3 Å². The minimum Gasteiger partial charge on any atom is -0.463 e. The molecule has 0 atom stereocenters. The van der Waals surface area contributed by atoms with Gasteiger partial charge in [-0.15, -0.1) is 0 Å². The van der Waals surface area contributed by atoms with Gasteiger partial charge in [0.2, 0.25) is 0 Å². The van der Waals surface area contributed by atoms with Gasteiger partial charge in [0.05, 0.1) is 18.8 Å². The number of carbonyl (C=O) groups is 1. The van der Waals surface area contributed by atoms with Crippen LogP contribution in [0.5, 0.6) is 0 Å². The van der Waals surface area contributed by atoms with E-state index in [9.17, 15) is 4.79 Å². The van der Waals surface area contributed by atoms with Crippen LogP contribution >= 0.6 is 0 Å². The number of carbonyl (C=O) groups excluding carboxylic acids is 1. The van der Waals surface area contributed by atoms with Gasteiger partial charge < -0.3 is 10.1 Å². The largest absolute Gasteiger partial charge is 0.463 e. The minimum absolute atomic E-state index is 0.227. The normalized spacial score (nSPS) is 17.2. The molecule has 4 heteroatoms. The molecular formula is C8H14N2O2. The summed E-state index contributed by atoms with van der Waals surface area (Å²) >= 11 is 0. The van der Waals surface area contributed by atoms with Crippen molar-refractivity contribution >= 4 is 5.97 Å². The Bertz CT molecular complexity index is 211. The topological polar surface area (TPSA) is 50.4 Å². The smallest absolute Gasteiger partial charge is 0.337 e. The molecule has 12 heavy (non-hydrogen) atoms. The molecule has 0 fully saturated rings. The molecule has 0 aromatic heterocycles. The fourth-order valence-corrected chi connectivity index (χ4v) is 1.07. The van der Waals surface area contributed by atoms with E-state index in [1.54, 1.807) is 6.92 Å². The number of nitrogens with one attached hydrogen (secondary N) is 2. The van der Waals surface area contributed by atoms with Crippen LogP contribution in [0.3, 0.4) is 0 Å². The van der Waals surface area contributed by atoms with Crippen molar-refractivity contribution in [2.24, 2.45) is 0 Å². The number of hydrogen-bond donors (Lipinski definition) is 2. The second kappa shape index (κ2) is 4.11. The molecule has 0 bridgehead atoms. The van der Waals surface area contributed by atoms with Crippen LogP contribution in [0.2, 0.25) is 0 Å². The zero-order chi connectivity index (χ0) is 8.97. The van der Waals surface area contributed by atoms with Crippen molar-refractivity contribution in [3.05, 3.63) is 11.3 Å². The molecule has 0 saturated carbocycles. The van der Waals surface area contributed by atoms with Crippen LogP contribution < -0.4 is 10.6 Å². The van der Waals surface area contributed by atoms with E-state index in [2.05, 4.69) is 10.6 Å². The fourth-order valence-electron chi connectivity index (χ4n) is 1.07. The standard InChI is InChI=1S/C8H14N2O2/c1-3-12-8(11)7-4-9-5-10-6(7)2/h9-10H,3-5H2,1-2H3. The van der Waals surface area contributed by atoms with E-state index in [0.717, 1.165) is 12.4 Å². The molecule has 1 aliphatic rings. The maximum Gasteiger partial charge on any atom is 0.337 e. The average Bonchev–Trinajstić information content (AvgIpc) is 2.05. The Balaban J connectivity index is 2.64. The summed E-state index contributed by atoms with van der Waals surface area (Å²) < 4.78 is 4.87. The summed E-state index contributed by atoms with van der Waals surface area (Å²) in [7, 11) is 0. The number of allylic oxidation sites excluding steroid dienone is 1. The van der Waals surface area contributed by atoms with E-state index in [4.69, 9.17) is 4.74 Å². The predicted molar refractivity (Wildman–Crippen MR) is 45.3 cm³/mol. The summed E-state index contributed by atoms with van der Waals surface area (Å²) in [5, 5.41) is 6.07. The first-order valence-corrected chi connectivity index (χ1v) is 4.07. The minimum atomic E-state index is -0.227. The quantitative estimate of drug-likeness (QED) is 0.572. The Labute approximate surface area is 72.0 Å². The lowest BCUT2D eigenvalue weighted by Crippen LogP contribution is -2.38. The fraction of sp³-hybridized carbons (Fsp3) is 0.625. The SMILES string of the molecule is CCOC(=O)C1=C(C)NCNC1. The van der Waals surface area contributed by atoms with Crippen LogP contribution in [-0.2, 0) is 9.53 Å². The summed E-state index contributed by atoms with van der Waals surface area (Å²) in [4.78, 5) is 11.2. The Morgan fingerprint density at radius 2 is 2.42 bits per heavy atom. The molecular weight excluding hydrogens is 156 g/mol. The van der Waals surface area contributed by atoms with Crippen LogP contribution in [0.1, 0.15) is 13.8 Å². The van der Waals surface area contributed by atoms with E-state index in [-0.39, 0.29) is 5.97 Å².